The molecule has 1 N–H and O–H groups in total. The van der Waals surface area contributed by atoms with Crippen molar-refractivity contribution in [2.75, 3.05) is 31.1 Å². The fourth-order valence-electron chi connectivity index (χ4n) is 2.28. The van der Waals surface area contributed by atoms with Crippen LogP contribution in [0.15, 0.2) is 48.8 Å². The fraction of sp³-hybridized carbons (Fsp3) is 0.286. The van der Waals surface area contributed by atoms with Crippen LogP contribution in [0.1, 0.15) is 0 Å². The molecule has 0 atom stereocenters. The van der Waals surface area contributed by atoms with E-state index in [2.05, 4.69) is 63.6 Å². The second kappa shape index (κ2) is 4.63. The molecule has 0 saturated carbocycles. The maximum Gasteiger partial charge on any atom is 0.0469 e. The van der Waals surface area contributed by atoms with Gasteiger partial charge in [-0.1, -0.05) is 6.07 Å². The molecule has 1 saturated heterocycles. The van der Waals surface area contributed by atoms with Gasteiger partial charge in [0.1, 0.15) is 0 Å². The second-order valence-corrected chi connectivity index (χ2v) is 4.35. The van der Waals surface area contributed by atoms with Crippen molar-refractivity contribution in [3.05, 3.63) is 48.8 Å². The number of hydrogen-bond donors (Lipinski definition) is 1. The van der Waals surface area contributed by atoms with E-state index in [1.54, 1.807) is 0 Å². The number of aromatic nitrogens is 1. The highest BCUT2D eigenvalue weighted by atomic mass is 15.2. The number of anilines is 1. The van der Waals surface area contributed by atoms with Crippen LogP contribution in [-0.2, 0) is 0 Å². The van der Waals surface area contributed by atoms with E-state index >= 15 is 0 Å². The van der Waals surface area contributed by atoms with Crippen LogP contribution in [0.4, 0.5) is 5.69 Å². The smallest absolute Gasteiger partial charge is 0.0469 e. The Labute approximate surface area is 102 Å². The van der Waals surface area contributed by atoms with E-state index in [-0.39, 0.29) is 0 Å². The lowest BCUT2D eigenvalue weighted by Crippen LogP contribution is -2.43. The van der Waals surface area contributed by atoms with Gasteiger partial charge in [0.05, 0.1) is 0 Å². The molecule has 0 aliphatic carbocycles. The molecule has 1 aliphatic heterocycles. The van der Waals surface area contributed by atoms with Crippen molar-refractivity contribution in [2.24, 2.45) is 0 Å². The average Bonchev–Trinajstić information content (AvgIpc) is 2.94. The summed E-state index contributed by atoms with van der Waals surface area (Å²) in [6.45, 7) is 4.34. The molecule has 1 aliphatic rings. The second-order valence-electron chi connectivity index (χ2n) is 4.35. The van der Waals surface area contributed by atoms with Gasteiger partial charge in [-0.15, -0.1) is 0 Å². The monoisotopic (exact) mass is 227 g/mol. The third-order valence-electron chi connectivity index (χ3n) is 3.21. The SMILES string of the molecule is c1cc(N2CCNCC2)cc(-n2cccc2)c1. The number of benzene rings is 1. The van der Waals surface area contributed by atoms with Gasteiger partial charge in [0.15, 0.2) is 0 Å². The first-order valence-corrected chi connectivity index (χ1v) is 6.12. The van der Waals surface area contributed by atoms with E-state index in [0.717, 1.165) is 26.2 Å². The Kier molecular flexibility index (Phi) is 2.84. The van der Waals surface area contributed by atoms with Crippen molar-refractivity contribution in [3.63, 3.8) is 0 Å². The molecule has 2 heterocycles. The molecule has 3 heteroatoms. The van der Waals surface area contributed by atoms with E-state index < -0.39 is 0 Å². The Balaban J connectivity index is 1.88. The summed E-state index contributed by atoms with van der Waals surface area (Å²) in [5.41, 5.74) is 2.55. The molecule has 3 nitrogen and oxygen atoms in total. The lowest BCUT2D eigenvalue weighted by atomic mass is 10.2. The minimum Gasteiger partial charge on any atom is -0.369 e. The Morgan fingerprint density at radius 1 is 0.882 bits per heavy atom. The Morgan fingerprint density at radius 3 is 2.35 bits per heavy atom. The van der Waals surface area contributed by atoms with Gasteiger partial charge in [-0.25, -0.2) is 0 Å². The minimum absolute atomic E-state index is 1.08. The lowest BCUT2D eigenvalue weighted by Gasteiger charge is -2.29. The van der Waals surface area contributed by atoms with E-state index in [1.165, 1.54) is 11.4 Å². The summed E-state index contributed by atoms with van der Waals surface area (Å²) in [7, 11) is 0. The summed E-state index contributed by atoms with van der Waals surface area (Å²) in [6, 6.07) is 12.8. The molecule has 3 rings (SSSR count). The van der Waals surface area contributed by atoms with Gasteiger partial charge >= 0.3 is 0 Å². The van der Waals surface area contributed by atoms with Crippen molar-refractivity contribution >= 4 is 5.69 Å². The Morgan fingerprint density at radius 2 is 1.59 bits per heavy atom. The van der Waals surface area contributed by atoms with Crippen LogP contribution in [0.3, 0.4) is 0 Å². The number of hydrogen-bond acceptors (Lipinski definition) is 2. The van der Waals surface area contributed by atoms with Gasteiger partial charge in [-0.3, -0.25) is 0 Å². The van der Waals surface area contributed by atoms with Gasteiger partial charge < -0.3 is 14.8 Å². The minimum atomic E-state index is 1.08. The number of nitrogens with zero attached hydrogens (tertiary/aromatic N) is 2. The summed E-state index contributed by atoms with van der Waals surface area (Å²) in [4.78, 5) is 2.43. The first-order valence-electron chi connectivity index (χ1n) is 6.12. The van der Waals surface area contributed by atoms with Crippen LogP contribution in [0.5, 0.6) is 0 Å². The van der Waals surface area contributed by atoms with E-state index in [1.807, 2.05) is 0 Å². The highest BCUT2D eigenvalue weighted by Gasteiger charge is 2.10. The van der Waals surface area contributed by atoms with Gasteiger partial charge in [0, 0.05) is 49.9 Å². The lowest BCUT2D eigenvalue weighted by molar-refractivity contribution is 0.589. The predicted molar refractivity (Wildman–Crippen MR) is 70.9 cm³/mol. The van der Waals surface area contributed by atoms with Gasteiger partial charge in [0.2, 0.25) is 0 Å². The topological polar surface area (TPSA) is 20.2 Å². The van der Waals surface area contributed by atoms with Crippen LogP contribution in [0.25, 0.3) is 5.69 Å². The molecular weight excluding hydrogens is 210 g/mol. The number of piperazine rings is 1. The van der Waals surface area contributed by atoms with Crippen LogP contribution < -0.4 is 10.2 Å². The zero-order valence-electron chi connectivity index (χ0n) is 9.84. The van der Waals surface area contributed by atoms with Gasteiger partial charge in [0.25, 0.3) is 0 Å². The molecule has 0 amide bonds. The molecular formula is C14H17N3. The largest absolute Gasteiger partial charge is 0.369 e. The normalized spacial score (nSPS) is 16.1. The maximum absolute atomic E-state index is 3.38. The van der Waals surface area contributed by atoms with Crippen molar-refractivity contribution in [3.8, 4) is 5.69 Å². The van der Waals surface area contributed by atoms with E-state index in [0.29, 0.717) is 0 Å². The van der Waals surface area contributed by atoms with Crippen LogP contribution in [0.2, 0.25) is 0 Å². The van der Waals surface area contributed by atoms with Crippen LogP contribution >= 0.6 is 0 Å². The molecule has 0 bridgehead atoms. The molecule has 2 aromatic rings. The zero-order valence-corrected chi connectivity index (χ0v) is 9.84. The van der Waals surface area contributed by atoms with E-state index in [4.69, 9.17) is 0 Å². The molecule has 1 fully saturated rings. The summed E-state index contributed by atoms with van der Waals surface area (Å²) in [5, 5.41) is 3.38. The fourth-order valence-corrected chi connectivity index (χ4v) is 2.28. The van der Waals surface area contributed by atoms with Crippen molar-refractivity contribution in [1.82, 2.24) is 9.88 Å². The maximum atomic E-state index is 3.38. The van der Waals surface area contributed by atoms with Crippen molar-refractivity contribution in [2.45, 2.75) is 0 Å². The molecule has 0 radical (unpaired) electrons. The molecule has 0 unspecified atom stereocenters. The highest BCUT2D eigenvalue weighted by Crippen LogP contribution is 2.19. The van der Waals surface area contributed by atoms with Crippen molar-refractivity contribution in [1.29, 1.82) is 0 Å². The molecule has 0 spiro atoms. The average molecular weight is 227 g/mol. The van der Waals surface area contributed by atoms with Crippen molar-refractivity contribution < 1.29 is 0 Å². The van der Waals surface area contributed by atoms with Gasteiger partial charge in [-0.2, -0.15) is 0 Å². The summed E-state index contributed by atoms with van der Waals surface area (Å²) in [5.74, 6) is 0. The van der Waals surface area contributed by atoms with Gasteiger partial charge in [-0.05, 0) is 30.3 Å². The zero-order chi connectivity index (χ0) is 11.5. The molecule has 1 aromatic carbocycles. The standard InChI is InChI=1S/C14H17N3/c1-2-9-16(8-1)13-4-3-5-14(12-13)17-10-6-15-7-11-17/h1-5,8-9,12,15H,6-7,10-11H2. The summed E-state index contributed by atoms with van der Waals surface area (Å²) >= 11 is 0. The predicted octanol–water partition coefficient (Wildman–Crippen LogP) is 1.89. The van der Waals surface area contributed by atoms with Crippen LogP contribution in [0, 0.1) is 0 Å². The van der Waals surface area contributed by atoms with E-state index in [9.17, 15) is 0 Å². The molecule has 1 aromatic heterocycles. The first kappa shape index (κ1) is 10.4. The third-order valence-corrected chi connectivity index (χ3v) is 3.21. The molecule has 17 heavy (non-hydrogen) atoms. The molecule has 88 valence electrons. The first-order chi connectivity index (χ1) is 8.43. The van der Waals surface area contributed by atoms with Crippen LogP contribution in [-0.4, -0.2) is 30.7 Å². The highest BCUT2D eigenvalue weighted by molar-refractivity contribution is 5.53. The number of rotatable bonds is 2. The Bertz CT molecular complexity index is 470. The Hall–Kier alpha value is -1.74. The number of nitrogens with one attached hydrogen (secondary N) is 1. The quantitative estimate of drug-likeness (QED) is 0.845. The third kappa shape index (κ3) is 2.19. The summed E-state index contributed by atoms with van der Waals surface area (Å²) < 4.78 is 2.14. The summed E-state index contributed by atoms with van der Waals surface area (Å²) in [6.07, 6.45) is 4.16.